The summed E-state index contributed by atoms with van der Waals surface area (Å²) in [5.74, 6) is -0.897. The lowest BCUT2D eigenvalue weighted by Crippen LogP contribution is -2.20. The van der Waals surface area contributed by atoms with Gasteiger partial charge in [-0.2, -0.15) is 0 Å². The fourth-order valence-electron chi connectivity index (χ4n) is 1.84. The van der Waals surface area contributed by atoms with Crippen molar-refractivity contribution < 1.29 is 9.90 Å². The molecule has 0 bridgehead atoms. The zero-order valence-corrected chi connectivity index (χ0v) is 12.8. The molecule has 0 fully saturated rings. The van der Waals surface area contributed by atoms with Crippen molar-refractivity contribution in [2.45, 2.75) is 47.1 Å². The highest BCUT2D eigenvalue weighted by atomic mass is 16.4. The van der Waals surface area contributed by atoms with Gasteiger partial charge in [-0.25, -0.2) is 4.79 Å². The van der Waals surface area contributed by atoms with Gasteiger partial charge in [0.05, 0.1) is 17.1 Å². The van der Waals surface area contributed by atoms with E-state index in [2.05, 4.69) is 16.1 Å². The van der Waals surface area contributed by atoms with E-state index in [-0.39, 0.29) is 0 Å². The highest BCUT2D eigenvalue weighted by Crippen LogP contribution is 2.19. The number of benzene rings is 1. The van der Waals surface area contributed by atoms with Gasteiger partial charge in [-0.15, -0.1) is 0 Å². The van der Waals surface area contributed by atoms with Crippen LogP contribution in [0.1, 0.15) is 38.3 Å². The number of aliphatic carboxylic acids is 1. The van der Waals surface area contributed by atoms with Crippen LogP contribution in [0.3, 0.4) is 0 Å². The molecule has 1 N–H and O–H groups in total. The van der Waals surface area contributed by atoms with E-state index < -0.39 is 12.0 Å². The van der Waals surface area contributed by atoms with Crippen LogP contribution in [0.5, 0.6) is 0 Å². The Balaban J connectivity index is 3.03. The first-order valence-electron chi connectivity index (χ1n) is 6.75. The van der Waals surface area contributed by atoms with Crippen LogP contribution in [0.4, 0.5) is 5.69 Å². The normalized spacial score (nSPS) is 14.2. The molecule has 0 aliphatic heterocycles. The second kappa shape index (κ2) is 6.98. The fourth-order valence-corrected chi connectivity index (χ4v) is 1.84. The molecule has 0 heterocycles. The quantitative estimate of drug-likeness (QED) is 0.832. The second-order valence-electron chi connectivity index (χ2n) is 4.96. The molecule has 4 nitrogen and oxygen atoms in total. The Hall–Kier alpha value is -1.97. The molecule has 1 aromatic carbocycles. The number of carbonyl (C=O) groups is 1. The summed E-state index contributed by atoms with van der Waals surface area (Å²) in [7, 11) is 0. The largest absolute Gasteiger partial charge is 0.480 e. The van der Waals surface area contributed by atoms with E-state index in [1.165, 1.54) is 5.56 Å². The Morgan fingerprint density at radius 2 is 1.90 bits per heavy atom. The molecule has 4 heteroatoms. The van der Waals surface area contributed by atoms with Crippen LogP contribution in [0.2, 0.25) is 0 Å². The first-order valence-corrected chi connectivity index (χ1v) is 6.75. The van der Waals surface area contributed by atoms with Crippen molar-refractivity contribution in [3.05, 3.63) is 29.3 Å². The van der Waals surface area contributed by atoms with Crippen LogP contribution < -0.4 is 0 Å². The van der Waals surface area contributed by atoms with Crippen LogP contribution in [0.25, 0.3) is 0 Å². The minimum Gasteiger partial charge on any atom is -0.480 e. The van der Waals surface area contributed by atoms with E-state index in [1.807, 2.05) is 39.8 Å². The number of nitrogens with zero attached hydrogens (tertiary/aromatic N) is 2. The predicted molar refractivity (Wildman–Crippen MR) is 83.5 cm³/mol. The van der Waals surface area contributed by atoms with E-state index in [4.69, 9.17) is 5.11 Å². The van der Waals surface area contributed by atoms with Crippen molar-refractivity contribution in [1.82, 2.24) is 0 Å². The van der Waals surface area contributed by atoms with Gasteiger partial charge in [0.15, 0.2) is 0 Å². The summed E-state index contributed by atoms with van der Waals surface area (Å²) in [4.78, 5) is 19.8. The van der Waals surface area contributed by atoms with Gasteiger partial charge in [0.1, 0.15) is 6.04 Å². The smallest absolute Gasteiger partial charge is 0.328 e. The molecule has 0 radical (unpaired) electrons. The summed E-state index contributed by atoms with van der Waals surface area (Å²) in [5, 5.41) is 9.02. The van der Waals surface area contributed by atoms with Crippen molar-refractivity contribution in [2.75, 3.05) is 0 Å². The van der Waals surface area contributed by atoms with Crippen LogP contribution in [0, 0.1) is 13.8 Å². The van der Waals surface area contributed by atoms with Gasteiger partial charge in [0.25, 0.3) is 0 Å². The van der Waals surface area contributed by atoms with Crippen molar-refractivity contribution >= 4 is 23.1 Å². The summed E-state index contributed by atoms with van der Waals surface area (Å²) < 4.78 is 0. The third kappa shape index (κ3) is 4.30. The number of carboxylic acids is 1. The Morgan fingerprint density at radius 3 is 2.40 bits per heavy atom. The number of aliphatic imine (C=N–C) groups is 2. The molecule has 1 atom stereocenters. The number of hydrogen-bond acceptors (Lipinski definition) is 3. The third-order valence-electron chi connectivity index (χ3n) is 3.19. The lowest BCUT2D eigenvalue weighted by molar-refractivity contribution is -0.138. The molecule has 0 spiro atoms. The Morgan fingerprint density at radius 1 is 1.25 bits per heavy atom. The van der Waals surface area contributed by atoms with Crippen molar-refractivity contribution in [3.63, 3.8) is 0 Å². The Bertz CT molecular complexity index is 560. The van der Waals surface area contributed by atoms with Crippen molar-refractivity contribution in [2.24, 2.45) is 9.98 Å². The molecule has 1 rings (SSSR count). The summed E-state index contributed by atoms with van der Waals surface area (Å²) in [6.45, 7) is 9.52. The molecule has 108 valence electrons. The maximum atomic E-state index is 11.0. The van der Waals surface area contributed by atoms with E-state index in [9.17, 15) is 4.79 Å². The minimum absolute atomic E-state index is 0.476. The molecule has 0 saturated carbocycles. The number of hydrogen-bond donors (Lipinski definition) is 1. The lowest BCUT2D eigenvalue weighted by Gasteiger charge is -2.08. The molecule has 0 aliphatic carbocycles. The van der Waals surface area contributed by atoms with Gasteiger partial charge in [0.2, 0.25) is 0 Å². The van der Waals surface area contributed by atoms with Crippen LogP contribution in [-0.4, -0.2) is 28.5 Å². The van der Waals surface area contributed by atoms with Gasteiger partial charge >= 0.3 is 5.97 Å². The molecule has 0 aliphatic rings. The topological polar surface area (TPSA) is 62.0 Å². The summed E-state index contributed by atoms with van der Waals surface area (Å²) in [6.07, 6.45) is 0.476. The molecule has 0 aromatic heterocycles. The highest BCUT2D eigenvalue weighted by molar-refractivity contribution is 6.41. The zero-order valence-electron chi connectivity index (χ0n) is 12.8. The monoisotopic (exact) mass is 274 g/mol. The molecule has 1 aromatic rings. The number of carboxylic acid groups (broad SMARTS) is 1. The van der Waals surface area contributed by atoms with Crippen LogP contribution >= 0.6 is 0 Å². The second-order valence-corrected chi connectivity index (χ2v) is 4.96. The van der Waals surface area contributed by atoms with Gasteiger partial charge in [-0.1, -0.05) is 24.6 Å². The number of rotatable bonds is 5. The van der Waals surface area contributed by atoms with E-state index in [0.29, 0.717) is 12.1 Å². The van der Waals surface area contributed by atoms with Crippen LogP contribution in [0.15, 0.2) is 28.2 Å². The molecular weight excluding hydrogens is 252 g/mol. The molecule has 0 amide bonds. The number of aryl methyl sites for hydroxylation is 2. The lowest BCUT2D eigenvalue weighted by atomic mass is 10.1. The summed E-state index contributed by atoms with van der Waals surface area (Å²) in [6, 6.07) is 5.36. The van der Waals surface area contributed by atoms with Gasteiger partial charge in [-0.3, -0.25) is 9.98 Å². The minimum atomic E-state index is -0.897. The van der Waals surface area contributed by atoms with E-state index in [0.717, 1.165) is 17.0 Å². The summed E-state index contributed by atoms with van der Waals surface area (Å²) >= 11 is 0. The maximum Gasteiger partial charge on any atom is 0.328 e. The highest BCUT2D eigenvalue weighted by Gasteiger charge is 2.14. The molecule has 0 saturated heterocycles. The zero-order chi connectivity index (χ0) is 15.3. The SMILES string of the molecule is CC[C@@H](N=C(C)C(C)=Nc1ccc(C)cc1C)C(=O)O. The fraction of sp³-hybridized carbons (Fsp3) is 0.438. The van der Waals surface area contributed by atoms with Gasteiger partial charge < -0.3 is 5.11 Å². The van der Waals surface area contributed by atoms with Crippen molar-refractivity contribution in [3.8, 4) is 0 Å². The first-order chi connectivity index (χ1) is 9.35. The standard InChI is InChI=1S/C16H22N2O2/c1-6-14(16(19)20)17-12(4)13(5)18-15-8-7-10(2)9-11(15)3/h7-9,14H,6H2,1-5H3,(H,19,20)/t14-/m1/s1. The first kappa shape index (κ1) is 16.1. The Labute approximate surface area is 120 Å². The van der Waals surface area contributed by atoms with Crippen molar-refractivity contribution in [1.29, 1.82) is 0 Å². The maximum absolute atomic E-state index is 11.0. The Kier molecular flexibility index (Phi) is 5.62. The third-order valence-corrected chi connectivity index (χ3v) is 3.19. The van der Waals surface area contributed by atoms with Crippen LogP contribution in [-0.2, 0) is 4.79 Å². The van der Waals surface area contributed by atoms with E-state index >= 15 is 0 Å². The van der Waals surface area contributed by atoms with Gasteiger partial charge in [0, 0.05) is 0 Å². The molecular formula is C16H22N2O2. The molecule has 20 heavy (non-hydrogen) atoms. The molecule has 0 unspecified atom stereocenters. The predicted octanol–water partition coefficient (Wildman–Crippen LogP) is 3.72. The summed E-state index contributed by atoms with van der Waals surface area (Å²) in [5.41, 5.74) is 4.60. The average Bonchev–Trinajstić information content (AvgIpc) is 2.38. The van der Waals surface area contributed by atoms with E-state index in [1.54, 1.807) is 6.92 Å². The van der Waals surface area contributed by atoms with Gasteiger partial charge in [-0.05, 0) is 45.7 Å². The average molecular weight is 274 g/mol.